The lowest BCUT2D eigenvalue weighted by atomic mass is 10.00. The topological polar surface area (TPSA) is 133 Å². The number of unbranched alkanes of at least 4 members (excludes halogenated alkanes) is 7. The van der Waals surface area contributed by atoms with Crippen LogP contribution in [0.1, 0.15) is 107 Å². The van der Waals surface area contributed by atoms with Crippen molar-refractivity contribution in [3.63, 3.8) is 0 Å². The Morgan fingerprint density at radius 3 is 1.24 bits per heavy atom. The Bertz CT molecular complexity index is 2180. The number of rotatable bonds is 21. The highest BCUT2D eigenvalue weighted by atomic mass is 32.2. The molecule has 6 rings (SSSR count). The molecule has 0 radical (unpaired) electrons. The van der Waals surface area contributed by atoms with E-state index in [1.165, 1.54) is 32.1 Å². The predicted molar refractivity (Wildman–Crippen MR) is 256 cm³/mol. The molecule has 0 bridgehead atoms. The molecule has 2 saturated heterocycles. The molecule has 2 atom stereocenters. The summed E-state index contributed by atoms with van der Waals surface area (Å²) in [6, 6.07) is 32.7. The Morgan fingerprint density at radius 1 is 0.492 bits per heavy atom. The van der Waals surface area contributed by atoms with E-state index in [9.17, 15) is 28.8 Å². The number of nitrogens with zero attached hydrogens (tertiary/aromatic N) is 2. The van der Waals surface area contributed by atoms with E-state index >= 15 is 0 Å². The highest BCUT2D eigenvalue weighted by Crippen LogP contribution is 2.28. The molecule has 4 aromatic rings. The minimum Gasteiger partial charge on any atom is -0.341 e. The van der Waals surface area contributed by atoms with Crippen LogP contribution >= 0.6 is 23.5 Å². The summed E-state index contributed by atoms with van der Waals surface area (Å²) in [5.41, 5.74) is 8.61. The third kappa shape index (κ3) is 15.8. The Labute approximate surface area is 381 Å². The average molecular weight is 891 g/mol. The average Bonchev–Trinajstić information content (AvgIpc) is 3.78. The van der Waals surface area contributed by atoms with Crippen molar-refractivity contribution in [3.8, 4) is 22.3 Å². The van der Waals surface area contributed by atoms with E-state index in [0.29, 0.717) is 38.8 Å². The Balaban J connectivity index is 0.000000238. The zero-order chi connectivity index (χ0) is 45.1. The predicted octanol–water partition coefficient (Wildman–Crippen LogP) is 10.7. The fourth-order valence-corrected chi connectivity index (χ4v) is 9.26. The molecule has 334 valence electrons. The van der Waals surface area contributed by atoms with Crippen LogP contribution in [0, 0.1) is 0 Å². The number of thioether (sulfide) groups is 2. The lowest BCUT2D eigenvalue weighted by Crippen LogP contribution is -2.25. The van der Waals surface area contributed by atoms with Gasteiger partial charge in [0.15, 0.2) is 0 Å². The van der Waals surface area contributed by atoms with Crippen molar-refractivity contribution in [1.82, 2.24) is 20.4 Å². The monoisotopic (exact) mass is 890 g/mol. The summed E-state index contributed by atoms with van der Waals surface area (Å²) in [5, 5.41) is 3.42. The first-order valence-electron chi connectivity index (χ1n) is 22.3. The molecule has 2 fully saturated rings. The molecule has 10 nitrogen and oxygen atoms in total. The number of carbonyl (C=O) groups excluding carboxylic acids is 6. The number of benzene rings is 4. The Morgan fingerprint density at radius 2 is 0.873 bits per heavy atom. The van der Waals surface area contributed by atoms with Gasteiger partial charge in [0.05, 0.1) is 10.5 Å². The van der Waals surface area contributed by atoms with Crippen LogP contribution in [0.3, 0.4) is 0 Å². The molecule has 2 unspecified atom stereocenters. The molecule has 0 spiro atoms. The number of hydrogen-bond acceptors (Lipinski definition) is 8. The smallest absolute Gasteiger partial charge is 0.286 e. The van der Waals surface area contributed by atoms with Gasteiger partial charge >= 0.3 is 0 Å². The van der Waals surface area contributed by atoms with E-state index in [1.807, 2.05) is 85.7 Å². The van der Waals surface area contributed by atoms with Gasteiger partial charge < -0.3 is 9.80 Å². The van der Waals surface area contributed by atoms with Gasteiger partial charge in [-0.25, -0.2) is 0 Å². The molecular formula is C51H62N4O6S2. The molecule has 4 aromatic carbocycles. The zero-order valence-electron chi connectivity index (χ0n) is 37.2. The van der Waals surface area contributed by atoms with Gasteiger partial charge in [-0.1, -0.05) is 167 Å². The van der Waals surface area contributed by atoms with E-state index < -0.39 is 0 Å². The van der Waals surface area contributed by atoms with Gasteiger partial charge in [-0.05, 0) is 82.3 Å². The van der Waals surface area contributed by atoms with E-state index in [-0.39, 0.29) is 44.6 Å². The maximum Gasteiger partial charge on any atom is 0.286 e. The maximum atomic E-state index is 12.4. The molecule has 2 aliphatic heterocycles. The molecule has 2 aliphatic rings. The van der Waals surface area contributed by atoms with E-state index in [4.69, 9.17) is 0 Å². The van der Waals surface area contributed by atoms with Crippen LogP contribution in [0.2, 0.25) is 0 Å². The molecule has 12 heteroatoms. The molecule has 0 aliphatic carbocycles. The number of carbonyl (C=O) groups is 6. The van der Waals surface area contributed by atoms with Crippen molar-refractivity contribution in [2.24, 2.45) is 0 Å². The molecule has 0 aromatic heterocycles. The second kappa shape index (κ2) is 25.2. The summed E-state index contributed by atoms with van der Waals surface area (Å²) in [4.78, 5) is 74.6. The minimum absolute atomic E-state index is 0.193. The number of imide groups is 2. The molecule has 0 saturated carbocycles. The zero-order valence-corrected chi connectivity index (χ0v) is 38.8. The van der Waals surface area contributed by atoms with Gasteiger partial charge in [0.1, 0.15) is 0 Å². The van der Waals surface area contributed by atoms with Crippen LogP contribution in [0.5, 0.6) is 0 Å². The van der Waals surface area contributed by atoms with Gasteiger partial charge in [0.25, 0.3) is 10.5 Å². The van der Waals surface area contributed by atoms with Crippen LogP contribution < -0.4 is 10.6 Å². The van der Waals surface area contributed by atoms with Crippen LogP contribution in [-0.4, -0.2) is 68.5 Å². The summed E-state index contributed by atoms with van der Waals surface area (Å²) < 4.78 is 0. The Hall–Kier alpha value is -5.20. The maximum absolute atomic E-state index is 12.4. The first-order valence-corrected chi connectivity index (χ1v) is 24.1. The summed E-state index contributed by atoms with van der Waals surface area (Å²) in [5.74, 6) is -0.0334. The molecule has 63 heavy (non-hydrogen) atoms. The van der Waals surface area contributed by atoms with Crippen molar-refractivity contribution < 1.29 is 28.8 Å². The minimum atomic E-state index is -0.351. The number of nitrogens with one attached hydrogen (secondary N) is 2. The third-order valence-electron chi connectivity index (χ3n) is 11.2. The van der Waals surface area contributed by atoms with Crippen molar-refractivity contribution in [3.05, 3.63) is 119 Å². The van der Waals surface area contributed by atoms with Crippen LogP contribution in [0.4, 0.5) is 9.59 Å². The van der Waals surface area contributed by atoms with Gasteiger partial charge in [-0.15, -0.1) is 0 Å². The lowest BCUT2D eigenvalue weighted by molar-refractivity contribution is -0.131. The van der Waals surface area contributed by atoms with E-state index in [0.717, 1.165) is 93.7 Å². The second-order valence-corrected chi connectivity index (χ2v) is 18.8. The normalized spacial score (nSPS) is 15.7. The fourth-order valence-electron chi connectivity index (χ4n) is 7.54. The lowest BCUT2D eigenvalue weighted by Gasteiger charge is -2.18. The highest BCUT2D eigenvalue weighted by Gasteiger charge is 2.32. The summed E-state index contributed by atoms with van der Waals surface area (Å²) in [7, 11) is 3.74. The van der Waals surface area contributed by atoms with Crippen molar-refractivity contribution in [2.45, 2.75) is 121 Å². The summed E-state index contributed by atoms with van der Waals surface area (Å²) in [6.45, 7) is 5.56. The first-order chi connectivity index (χ1) is 30.4. The fraction of sp³-hybridized carbons (Fsp3) is 0.412. The molecular weight excluding hydrogens is 829 g/mol. The third-order valence-corrected chi connectivity index (χ3v) is 13.2. The van der Waals surface area contributed by atoms with Crippen LogP contribution in [0.25, 0.3) is 22.3 Å². The summed E-state index contributed by atoms with van der Waals surface area (Å²) in [6.07, 6.45) is 12.5. The highest BCUT2D eigenvalue weighted by molar-refractivity contribution is 8.15. The van der Waals surface area contributed by atoms with Crippen molar-refractivity contribution in [2.75, 3.05) is 14.1 Å². The van der Waals surface area contributed by atoms with Crippen molar-refractivity contribution in [1.29, 1.82) is 0 Å². The number of amides is 6. The van der Waals surface area contributed by atoms with Gasteiger partial charge in [0, 0.05) is 40.0 Å². The largest absolute Gasteiger partial charge is 0.341 e. The Kier molecular flexibility index (Phi) is 19.5. The molecule has 2 heterocycles. The quantitative estimate of drug-likeness (QED) is 0.0790. The number of hydrogen-bond donors (Lipinski definition) is 2. The van der Waals surface area contributed by atoms with Gasteiger partial charge in [-0.2, -0.15) is 0 Å². The van der Waals surface area contributed by atoms with Crippen molar-refractivity contribution >= 4 is 57.6 Å². The van der Waals surface area contributed by atoms with Gasteiger partial charge in [-0.3, -0.25) is 39.4 Å². The van der Waals surface area contributed by atoms with Crippen LogP contribution in [-0.2, 0) is 45.1 Å². The molecule has 2 N–H and O–H groups in total. The SMILES string of the molecule is CCCCCCC(=O)N(C)Cc1cccc(-c2ccc(CC3SC(=O)NC3=O)cc2)c1.CCCCCCCC(=O)N(C)Cc1cccc(-c2ccc(CC3SC(=O)NC3=O)cc2)c1. The van der Waals surface area contributed by atoms with E-state index in [2.05, 4.69) is 54.8 Å². The van der Waals surface area contributed by atoms with E-state index in [1.54, 1.807) is 4.90 Å². The first kappa shape index (κ1) is 48.8. The van der Waals surface area contributed by atoms with Gasteiger partial charge in [0.2, 0.25) is 23.6 Å². The van der Waals surface area contributed by atoms with Crippen LogP contribution in [0.15, 0.2) is 97.1 Å². The summed E-state index contributed by atoms with van der Waals surface area (Å²) >= 11 is 2.11. The standard InChI is InChI=1S/C26H32N2O3S.C25H30N2O3S/c1-3-4-5-6-7-11-24(29)28(2)18-20-9-8-10-22(16-20)21-14-12-19(13-15-21)17-23-25(30)27-26(31)32-23;1-3-4-5-6-10-23(28)27(2)17-19-8-7-9-21(15-19)20-13-11-18(12-14-20)16-22-24(29)26-25(30)31-22/h8-10,12-16,23H,3-7,11,17-18H2,1-2H3,(H,27,30,31);7-9,11-15,22H,3-6,10,16-17H2,1-2H3,(H,26,29,30). The second-order valence-electron chi connectivity index (χ2n) is 16.4. The molecule has 6 amide bonds.